The summed E-state index contributed by atoms with van der Waals surface area (Å²) in [7, 11) is 1.59. The van der Waals surface area contributed by atoms with E-state index in [2.05, 4.69) is 29.8 Å². The van der Waals surface area contributed by atoms with Gasteiger partial charge in [0.05, 0.1) is 24.2 Å². The highest BCUT2D eigenvalue weighted by atomic mass is 16.5. The smallest absolute Gasteiger partial charge is 0.251 e. The molecule has 0 spiro atoms. The van der Waals surface area contributed by atoms with E-state index in [0.717, 1.165) is 29.8 Å². The Kier molecular flexibility index (Phi) is 5.79. The number of hydrogen-bond donors (Lipinski definition) is 1. The Bertz CT molecular complexity index is 930. The Hall–Kier alpha value is -2.82. The summed E-state index contributed by atoms with van der Waals surface area (Å²) in [5, 5.41) is 3.07. The van der Waals surface area contributed by atoms with Crippen LogP contribution >= 0.6 is 0 Å². The van der Waals surface area contributed by atoms with Crippen LogP contribution in [0.3, 0.4) is 0 Å². The van der Waals surface area contributed by atoms with Gasteiger partial charge >= 0.3 is 0 Å². The molecule has 5 nitrogen and oxygen atoms in total. The molecule has 142 valence electrons. The van der Waals surface area contributed by atoms with E-state index in [1.807, 2.05) is 37.3 Å². The number of nitrogens with zero attached hydrogens (tertiary/aromatic N) is 2. The van der Waals surface area contributed by atoms with Crippen molar-refractivity contribution in [2.75, 3.05) is 7.11 Å². The molecular formula is C22H27N3O2. The van der Waals surface area contributed by atoms with Crippen molar-refractivity contribution in [3.05, 3.63) is 59.9 Å². The largest absolute Gasteiger partial charge is 0.497 e. The van der Waals surface area contributed by atoms with Gasteiger partial charge in [0, 0.05) is 12.1 Å². The number of carbonyl (C=O) groups excluding carboxylic acids is 1. The number of methoxy groups -OCH3 is 1. The predicted molar refractivity (Wildman–Crippen MR) is 108 cm³/mol. The van der Waals surface area contributed by atoms with Crippen LogP contribution in [-0.4, -0.2) is 22.6 Å². The van der Waals surface area contributed by atoms with Crippen LogP contribution in [0, 0.1) is 5.92 Å². The maximum absolute atomic E-state index is 12.7. The van der Waals surface area contributed by atoms with Gasteiger partial charge in [0.25, 0.3) is 5.91 Å². The molecule has 1 atom stereocenters. The maximum Gasteiger partial charge on any atom is 0.251 e. The van der Waals surface area contributed by atoms with E-state index in [1.54, 1.807) is 19.2 Å². The lowest BCUT2D eigenvalue weighted by Gasteiger charge is -2.17. The topological polar surface area (TPSA) is 56.1 Å². The van der Waals surface area contributed by atoms with Crippen molar-refractivity contribution < 1.29 is 9.53 Å². The zero-order valence-electron chi connectivity index (χ0n) is 16.4. The first-order valence-corrected chi connectivity index (χ1v) is 9.39. The molecule has 1 unspecified atom stereocenters. The van der Waals surface area contributed by atoms with Crippen LogP contribution in [0.25, 0.3) is 11.0 Å². The number of amides is 1. The number of benzene rings is 2. The highest BCUT2D eigenvalue weighted by Gasteiger charge is 2.19. The fourth-order valence-electron chi connectivity index (χ4n) is 3.16. The summed E-state index contributed by atoms with van der Waals surface area (Å²) in [6, 6.07) is 15.1. The van der Waals surface area contributed by atoms with Gasteiger partial charge < -0.3 is 14.6 Å². The second-order valence-corrected chi connectivity index (χ2v) is 7.22. The molecule has 3 rings (SSSR count). The van der Waals surface area contributed by atoms with E-state index in [-0.39, 0.29) is 11.9 Å². The number of fused-ring (bicyclic) bond motifs is 1. The summed E-state index contributed by atoms with van der Waals surface area (Å²) in [5.74, 6) is 2.01. The molecule has 0 bridgehead atoms. The second-order valence-electron chi connectivity index (χ2n) is 7.22. The van der Waals surface area contributed by atoms with Gasteiger partial charge in [-0.3, -0.25) is 4.79 Å². The van der Waals surface area contributed by atoms with Gasteiger partial charge in [-0.25, -0.2) is 4.98 Å². The molecule has 0 fully saturated rings. The SMILES string of the molecule is COc1cccc(C(=O)NC(C)c2nc3ccccc3n2CCC(C)C)c1. The zero-order valence-corrected chi connectivity index (χ0v) is 16.4. The number of carbonyl (C=O) groups is 1. The number of aryl methyl sites for hydroxylation is 1. The summed E-state index contributed by atoms with van der Waals surface area (Å²) < 4.78 is 7.44. The maximum atomic E-state index is 12.7. The first-order chi connectivity index (χ1) is 13.0. The minimum atomic E-state index is -0.205. The van der Waals surface area contributed by atoms with E-state index in [9.17, 15) is 4.79 Å². The molecule has 0 aliphatic rings. The van der Waals surface area contributed by atoms with Crippen LogP contribution in [0.15, 0.2) is 48.5 Å². The van der Waals surface area contributed by atoms with E-state index >= 15 is 0 Å². The van der Waals surface area contributed by atoms with Crippen LogP contribution < -0.4 is 10.1 Å². The Morgan fingerprint density at radius 2 is 1.93 bits per heavy atom. The first-order valence-electron chi connectivity index (χ1n) is 9.39. The predicted octanol–water partition coefficient (Wildman–Crippen LogP) is 4.58. The average Bonchev–Trinajstić information content (AvgIpc) is 3.05. The Morgan fingerprint density at radius 1 is 1.15 bits per heavy atom. The molecule has 0 saturated carbocycles. The van der Waals surface area contributed by atoms with Crippen LogP contribution in [-0.2, 0) is 6.54 Å². The van der Waals surface area contributed by atoms with Gasteiger partial charge in [-0.2, -0.15) is 0 Å². The van der Waals surface area contributed by atoms with E-state index in [0.29, 0.717) is 17.2 Å². The van der Waals surface area contributed by atoms with Crippen molar-refractivity contribution in [2.24, 2.45) is 5.92 Å². The average molecular weight is 365 g/mol. The lowest BCUT2D eigenvalue weighted by Crippen LogP contribution is -2.28. The third-order valence-corrected chi connectivity index (χ3v) is 4.68. The second kappa shape index (κ2) is 8.25. The number of aromatic nitrogens is 2. The van der Waals surface area contributed by atoms with Crippen LogP contribution in [0.2, 0.25) is 0 Å². The molecule has 2 aromatic carbocycles. The fraction of sp³-hybridized carbons (Fsp3) is 0.364. The molecule has 1 amide bonds. The molecule has 0 aliphatic heterocycles. The van der Waals surface area contributed by atoms with Crippen molar-refractivity contribution in [1.82, 2.24) is 14.9 Å². The van der Waals surface area contributed by atoms with E-state index < -0.39 is 0 Å². The highest BCUT2D eigenvalue weighted by molar-refractivity contribution is 5.94. The Labute approximate surface area is 160 Å². The van der Waals surface area contributed by atoms with Gasteiger partial charge in [-0.15, -0.1) is 0 Å². The zero-order chi connectivity index (χ0) is 19.4. The molecule has 0 saturated heterocycles. The quantitative estimate of drug-likeness (QED) is 0.667. The minimum absolute atomic E-state index is 0.135. The molecule has 5 heteroatoms. The molecule has 3 aromatic rings. The molecule has 1 N–H and O–H groups in total. The first kappa shape index (κ1) is 19.0. The number of ether oxygens (including phenoxy) is 1. The highest BCUT2D eigenvalue weighted by Crippen LogP contribution is 2.23. The van der Waals surface area contributed by atoms with Gasteiger partial charge in [-0.1, -0.05) is 32.0 Å². The number of rotatable bonds is 7. The van der Waals surface area contributed by atoms with Crippen LogP contribution in [0.5, 0.6) is 5.75 Å². The summed E-state index contributed by atoms with van der Waals surface area (Å²) in [5.41, 5.74) is 2.64. The summed E-state index contributed by atoms with van der Waals surface area (Å²) in [6.45, 7) is 7.29. The molecular weight excluding hydrogens is 338 g/mol. The van der Waals surface area contributed by atoms with Gasteiger partial charge in [0.1, 0.15) is 11.6 Å². The van der Waals surface area contributed by atoms with E-state index in [1.165, 1.54) is 0 Å². The van der Waals surface area contributed by atoms with Crippen molar-refractivity contribution in [1.29, 1.82) is 0 Å². The van der Waals surface area contributed by atoms with E-state index in [4.69, 9.17) is 9.72 Å². The van der Waals surface area contributed by atoms with Crippen molar-refractivity contribution >= 4 is 16.9 Å². The van der Waals surface area contributed by atoms with Crippen molar-refractivity contribution in [3.63, 3.8) is 0 Å². The molecule has 0 aliphatic carbocycles. The molecule has 27 heavy (non-hydrogen) atoms. The number of hydrogen-bond acceptors (Lipinski definition) is 3. The van der Waals surface area contributed by atoms with Gasteiger partial charge in [0.15, 0.2) is 0 Å². The molecule has 1 heterocycles. The van der Waals surface area contributed by atoms with Crippen molar-refractivity contribution in [2.45, 2.75) is 39.8 Å². The monoisotopic (exact) mass is 365 g/mol. The summed E-state index contributed by atoms with van der Waals surface area (Å²) >= 11 is 0. The minimum Gasteiger partial charge on any atom is -0.497 e. The van der Waals surface area contributed by atoms with Gasteiger partial charge in [-0.05, 0) is 49.6 Å². The standard InChI is InChI=1S/C22H27N3O2/c1-15(2)12-13-25-20-11-6-5-10-19(20)24-21(25)16(3)23-22(26)17-8-7-9-18(14-17)27-4/h5-11,14-16H,12-13H2,1-4H3,(H,23,26). The lowest BCUT2D eigenvalue weighted by molar-refractivity contribution is 0.0937. The van der Waals surface area contributed by atoms with Crippen LogP contribution in [0.4, 0.5) is 0 Å². The number of imidazole rings is 1. The molecule has 0 radical (unpaired) electrons. The third-order valence-electron chi connectivity index (χ3n) is 4.68. The third kappa shape index (κ3) is 4.30. The molecule has 1 aromatic heterocycles. The lowest BCUT2D eigenvalue weighted by atomic mass is 10.1. The fourth-order valence-corrected chi connectivity index (χ4v) is 3.16. The Balaban J connectivity index is 1.86. The number of para-hydroxylation sites is 2. The summed E-state index contributed by atoms with van der Waals surface area (Å²) in [6.07, 6.45) is 1.06. The summed E-state index contributed by atoms with van der Waals surface area (Å²) in [4.78, 5) is 17.5. The number of nitrogens with one attached hydrogen (secondary N) is 1. The normalized spacial score (nSPS) is 12.3. The Morgan fingerprint density at radius 3 is 2.67 bits per heavy atom. The van der Waals surface area contributed by atoms with Gasteiger partial charge in [0.2, 0.25) is 0 Å². The van der Waals surface area contributed by atoms with Crippen LogP contribution in [0.1, 0.15) is 49.4 Å². The van der Waals surface area contributed by atoms with Crippen molar-refractivity contribution in [3.8, 4) is 5.75 Å².